The van der Waals surface area contributed by atoms with Crippen molar-refractivity contribution in [1.29, 1.82) is 0 Å². The van der Waals surface area contributed by atoms with Crippen LogP contribution in [0.25, 0.3) is 11.1 Å². The third-order valence-electron chi connectivity index (χ3n) is 5.36. The number of rotatable bonds is 6. The van der Waals surface area contributed by atoms with Crippen LogP contribution in [0.4, 0.5) is 4.79 Å². The maximum absolute atomic E-state index is 12.5. The van der Waals surface area contributed by atoms with Gasteiger partial charge in [0.05, 0.1) is 18.2 Å². The number of carbonyl (C=O) groups is 2. The van der Waals surface area contributed by atoms with Gasteiger partial charge in [0.1, 0.15) is 11.6 Å². The standard InChI is InChI=1S/C23H22N2O4S/c1-13-14(2)30-22(24-13)20(11-21(26)27)25-23(28)29-12-19-17-9-5-3-7-15(17)16-8-4-6-10-18(16)19/h3-10,19-20H,11-12H2,1-2H3,(H,25,28)(H,26,27)/t20-/m0/s1. The topological polar surface area (TPSA) is 88.5 Å². The molecular formula is C23H22N2O4S. The van der Waals surface area contributed by atoms with Crippen molar-refractivity contribution in [2.45, 2.75) is 32.2 Å². The lowest BCUT2D eigenvalue weighted by Crippen LogP contribution is -2.31. The van der Waals surface area contributed by atoms with E-state index in [1.807, 2.05) is 38.1 Å². The molecule has 0 aliphatic heterocycles. The van der Waals surface area contributed by atoms with E-state index in [0.717, 1.165) is 32.8 Å². The van der Waals surface area contributed by atoms with Gasteiger partial charge in [0, 0.05) is 10.8 Å². The summed E-state index contributed by atoms with van der Waals surface area (Å²) in [6.45, 7) is 3.96. The highest BCUT2D eigenvalue weighted by molar-refractivity contribution is 7.11. The van der Waals surface area contributed by atoms with Crippen molar-refractivity contribution in [2.75, 3.05) is 6.61 Å². The van der Waals surface area contributed by atoms with Crippen LogP contribution in [0.2, 0.25) is 0 Å². The van der Waals surface area contributed by atoms with Crippen molar-refractivity contribution in [2.24, 2.45) is 0 Å². The predicted molar refractivity (Wildman–Crippen MR) is 115 cm³/mol. The second-order valence-electron chi connectivity index (χ2n) is 7.31. The second kappa shape index (κ2) is 8.28. The monoisotopic (exact) mass is 422 g/mol. The van der Waals surface area contributed by atoms with Gasteiger partial charge in [-0.2, -0.15) is 0 Å². The number of fused-ring (bicyclic) bond motifs is 3. The molecule has 0 fully saturated rings. The quantitative estimate of drug-likeness (QED) is 0.595. The Kier molecular flexibility index (Phi) is 5.55. The lowest BCUT2D eigenvalue weighted by atomic mass is 9.98. The molecule has 30 heavy (non-hydrogen) atoms. The molecule has 154 valence electrons. The van der Waals surface area contributed by atoms with Gasteiger partial charge in [0.2, 0.25) is 0 Å². The molecule has 1 aliphatic rings. The molecule has 4 rings (SSSR count). The molecule has 2 N–H and O–H groups in total. The Labute approximate surface area is 178 Å². The third-order valence-corrected chi connectivity index (χ3v) is 6.54. The van der Waals surface area contributed by atoms with Crippen LogP contribution in [0.15, 0.2) is 48.5 Å². The molecule has 0 spiro atoms. The maximum Gasteiger partial charge on any atom is 0.407 e. The number of amides is 1. The first kappa shape index (κ1) is 20.1. The maximum atomic E-state index is 12.5. The fourth-order valence-electron chi connectivity index (χ4n) is 3.80. The molecular weight excluding hydrogens is 400 g/mol. The minimum absolute atomic E-state index is 0.0505. The molecule has 1 heterocycles. The molecule has 0 unspecified atom stereocenters. The number of nitrogens with zero attached hydrogens (tertiary/aromatic N) is 1. The van der Waals surface area contributed by atoms with Gasteiger partial charge in [-0.15, -0.1) is 11.3 Å². The van der Waals surface area contributed by atoms with Gasteiger partial charge in [0.25, 0.3) is 0 Å². The van der Waals surface area contributed by atoms with Gasteiger partial charge in [-0.05, 0) is 36.1 Å². The number of aryl methyl sites for hydroxylation is 2. The number of benzene rings is 2. The highest BCUT2D eigenvalue weighted by Crippen LogP contribution is 2.44. The summed E-state index contributed by atoms with van der Waals surface area (Å²) in [6.07, 6.45) is -0.898. The van der Waals surface area contributed by atoms with Crippen LogP contribution >= 0.6 is 11.3 Å². The number of aromatic nitrogens is 1. The fraction of sp³-hybridized carbons (Fsp3) is 0.261. The molecule has 7 heteroatoms. The van der Waals surface area contributed by atoms with Crippen molar-refractivity contribution in [3.8, 4) is 11.1 Å². The Bertz CT molecular complexity index is 1040. The van der Waals surface area contributed by atoms with Gasteiger partial charge in [-0.1, -0.05) is 48.5 Å². The minimum atomic E-state index is -1.01. The fourth-order valence-corrected chi connectivity index (χ4v) is 4.78. The molecule has 2 aromatic carbocycles. The molecule has 0 radical (unpaired) electrons. The van der Waals surface area contributed by atoms with Gasteiger partial charge in [-0.3, -0.25) is 4.79 Å². The van der Waals surface area contributed by atoms with Crippen LogP contribution in [0, 0.1) is 13.8 Å². The summed E-state index contributed by atoms with van der Waals surface area (Å²) < 4.78 is 5.54. The van der Waals surface area contributed by atoms with Gasteiger partial charge in [0.15, 0.2) is 0 Å². The van der Waals surface area contributed by atoms with E-state index >= 15 is 0 Å². The van der Waals surface area contributed by atoms with Crippen LogP contribution in [-0.2, 0) is 9.53 Å². The predicted octanol–water partition coefficient (Wildman–Crippen LogP) is 4.81. The number of thiazole rings is 1. The number of ether oxygens (including phenoxy) is 1. The molecule has 6 nitrogen and oxygen atoms in total. The summed E-state index contributed by atoms with van der Waals surface area (Å²) in [4.78, 5) is 29.2. The summed E-state index contributed by atoms with van der Waals surface area (Å²) in [5.74, 6) is -1.06. The Balaban J connectivity index is 1.48. The number of alkyl carbamates (subject to hydrolysis) is 1. The van der Waals surface area contributed by atoms with Crippen molar-refractivity contribution in [3.05, 3.63) is 75.2 Å². The molecule has 1 amide bonds. The number of nitrogens with one attached hydrogen (secondary N) is 1. The minimum Gasteiger partial charge on any atom is -0.481 e. The summed E-state index contributed by atoms with van der Waals surface area (Å²) in [7, 11) is 0. The van der Waals surface area contributed by atoms with Crippen molar-refractivity contribution in [1.82, 2.24) is 10.3 Å². The molecule has 0 saturated carbocycles. The first-order valence-electron chi connectivity index (χ1n) is 9.71. The van der Waals surface area contributed by atoms with E-state index < -0.39 is 18.1 Å². The highest BCUT2D eigenvalue weighted by atomic mass is 32.1. The van der Waals surface area contributed by atoms with E-state index in [2.05, 4.69) is 34.6 Å². The number of aliphatic carboxylic acids is 1. The average Bonchev–Trinajstić information content (AvgIpc) is 3.23. The Morgan fingerprint density at radius 1 is 1.10 bits per heavy atom. The van der Waals surface area contributed by atoms with Gasteiger partial charge in [-0.25, -0.2) is 9.78 Å². The Morgan fingerprint density at radius 3 is 2.23 bits per heavy atom. The van der Waals surface area contributed by atoms with E-state index in [1.54, 1.807) is 0 Å². The largest absolute Gasteiger partial charge is 0.481 e. The molecule has 3 aromatic rings. The number of carbonyl (C=O) groups excluding carboxylic acids is 1. The Hall–Kier alpha value is -3.19. The van der Waals surface area contributed by atoms with Gasteiger partial charge < -0.3 is 15.2 Å². The highest BCUT2D eigenvalue weighted by Gasteiger charge is 2.30. The van der Waals surface area contributed by atoms with Crippen LogP contribution in [0.5, 0.6) is 0 Å². The van der Waals surface area contributed by atoms with Crippen LogP contribution in [0.1, 0.15) is 45.1 Å². The van der Waals surface area contributed by atoms with E-state index in [9.17, 15) is 14.7 Å². The SMILES string of the molecule is Cc1nc([C@H](CC(=O)O)NC(=O)OCC2c3ccccc3-c3ccccc32)sc1C. The average molecular weight is 423 g/mol. The van der Waals surface area contributed by atoms with E-state index in [1.165, 1.54) is 11.3 Å². The molecule has 0 bridgehead atoms. The van der Waals surface area contributed by atoms with Crippen LogP contribution < -0.4 is 5.32 Å². The molecule has 0 saturated heterocycles. The van der Waals surface area contributed by atoms with E-state index in [0.29, 0.717) is 5.01 Å². The summed E-state index contributed by atoms with van der Waals surface area (Å²) >= 11 is 1.39. The van der Waals surface area contributed by atoms with E-state index in [-0.39, 0.29) is 18.9 Å². The molecule has 1 atom stereocenters. The summed E-state index contributed by atoms with van der Waals surface area (Å²) in [6, 6.07) is 15.5. The zero-order valence-corrected chi connectivity index (χ0v) is 17.5. The van der Waals surface area contributed by atoms with Crippen molar-refractivity contribution in [3.63, 3.8) is 0 Å². The first-order valence-corrected chi connectivity index (χ1v) is 10.5. The number of carboxylic acids is 1. The molecule has 1 aliphatic carbocycles. The van der Waals surface area contributed by atoms with Crippen LogP contribution in [-0.4, -0.2) is 28.8 Å². The summed E-state index contributed by atoms with van der Waals surface area (Å²) in [5.41, 5.74) is 5.39. The molecule has 1 aromatic heterocycles. The van der Waals surface area contributed by atoms with E-state index in [4.69, 9.17) is 4.74 Å². The van der Waals surface area contributed by atoms with Gasteiger partial charge >= 0.3 is 12.1 Å². The van der Waals surface area contributed by atoms with Crippen molar-refractivity contribution < 1.29 is 19.4 Å². The number of hydrogen-bond acceptors (Lipinski definition) is 5. The Morgan fingerprint density at radius 2 is 1.70 bits per heavy atom. The smallest absolute Gasteiger partial charge is 0.407 e. The number of carboxylic acid groups (broad SMARTS) is 1. The van der Waals surface area contributed by atoms with Crippen LogP contribution in [0.3, 0.4) is 0 Å². The summed E-state index contributed by atoms with van der Waals surface area (Å²) in [5, 5.41) is 12.5. The second-order valence-corrected chi connectivity index (χ2v) is 8.55. The normalized spacial score (nSPS) is 13.4. The number of hydrogen-bond donors (Lipinski definition) is 2. The van der Waals surface area contributed by atoms with Crippen molar-refractivity contribution >= 4 is 23.4 Å². The third kappa shape index (κ3) is 3.93. The zero-order valence-electron chi connectivity index (χ0n) is 16.7. The lowest BCUT2D eigenvalue weighted by Gasteiger charge is -2.17. The zero-order chi connectivity index (χ0) is 21.3. The first-order chi connectivity index (χ1) is 14.4. The lowest BCUT2D eigenvalue weighted by molar-refractivity contribution is -0.137.